The van der Waals surface area contributed by atoms with E-state index in [4.69, 9.17) is 14.2 Å². The fourth-order valence-electron chi connectivity index (χ4n) is 3.75. The fourth-order valence-corrected chi connectivity index (χ4v) is 3.75. The van der Waals surface area contributed by atoms with Crippen LogP contribution in [0.25, 0.3) is 5.65 Å². The summed E-state index contributed by atoms with van der Waals surface area (Å²) in [5.41, 5.74) is 2.48. The molecular weight excluding hydrogens is 384 g/mol. The van der Waals surface area contributed by atoms with Crippen molar-refractivity contribution in [3.63, 3.8) is 0 Å². The first-order valence-electron chi connectivity index (χ1n) is 10.0. The molecule has 1 aromatic carbocycles. The molecule has 4 heterocycles. The highest BCUT2D eigenvalue weighted by molar-refractivity contribution is 5.66. The van der Waals surface area contributed by atoms with Gasteiger partial charge in [0.1, 0.15) is 17.5 Å². The number of hydrogen-bond acceptors (Lipinski definition) is 8. The highest BCUT2D eigenvalue weighted by atomic mass is 16.7. The quantitative estimate of drug-likeness (QED) is 0.598. The van der Waals surface area contributed by atoms with Gasteiger partial charge in [-0.2, -0.15) is 14.9 Å². The Morgan fingerprint density at radius 1 is 1.17 bits per heavy atom. The summed E-state index contributed by atoms with van der Waals surface area (Å²) in [7, 11) is 0. The monoisotopic (exact) mass is 406 g/mol. The van der Waals surface area contributed by atoms with Gasteiger partial charge in [0, 0.05) is 24.4 Å². The van der Waals surface area contributed by atoms with Crippen molar-refractivity contribution in [1.82, 2.24) is 19.5 Å². The third-order valence-corrected chi connectivity index (χ3v) is 5.29. The molecule has 1 saturated heterocycles. The molecule has 2 aliphatic rings. The number of ether oxygens (including phenoxy) is 3. The van der Waals surface area contributed by atoms with Gasteiger partial charge in [0.2, 0.25) is 6.79 Å². The number of anilines is 2. The Morgan fingerprint density at radius 3 is 2.90 bits per heavy atom. The predicted molar refractivity (Wildman–Crippen MR) is 109 cm³/mol. The third-order valence-electron chi connectivity index (χ3n) is 5.29. The molecule has 2 aliphatic heterocycles. The van der Waals surface area contributed by atoms with Gasteiger partial charge in [0.25, 0.3) is 0 Å². The van der Waals surface area contributed by atoms with Crippen LogP contribution in [0.3, 0.4) is 0 Å². The molecular formula is C21H22N6O3. The summed E-state index contributed by atoms with van der Waals surface area (Å²) >= 11 is 0. The third kappa shape index (κ3) is 3.75. The van der Waals surface area contributed by atoms with Crippen molar-refractivity contribution in [3.8, 4) is 17.6 Å². The number of nitrogens with zero attached hydrogens (tertiary/aromatic N) is 5. The van der Waals surface area contributed by atoms with E-state index >= 15 is 0 Å². The first-order valence-corrected chi connectivity index (χ1v) is 10.0. The van der Waals surface area contributed by atoms with Gasteiger partial charge >= 0.3 is 0 Å². The summed E-state index contributed by atoms with van der Waals surface area (Å²) < 4.78 is 18.3. The minimum Gasteiger partial charge on any atom is -0.454 e. The smallest absolute Gasteiger partial charge is 0.231 e. The Hall–Kier alpha value is -3.35. The van der Waals surface area contributed by atoms with Crippen LogP contribution in [0.1, 0.15) is 24.1 Å². The second kappa shape index (κ2) is 8.18. The van der Waals surface area contributed by atoms with Crippen LogP contribution in [0.4, 0.5) is 11.5 Å². The second-order valence-corrected chi connectivity index (χ2v) is 7.33. The molecule has 5 rings (SSSR count). The minimum atomic E-state index is 0.224. The normalized spacial score (nSPS) is 15.6. The lowest BCUT2D eigenvalue weighted by molar-refractivity contribution is 0.0972. The molecule has 0 radical (unpaired) electrons. The number of rotatable bonds is 7. The van der Waals surface area contributed by atoms with E-state index in [1.165, 1.54) is 19.0 Å². The summed E-state index contributed by atoms with van der Waals surface area (Å²) in [6.07, 6.45) is 4.06. The zero-order valence-electron chi connectivity index (χ0n) is 16.5. The summed E-state index contributed by atoms with van der Waals surface area (Å²) in [6.45, 7) is 4.48. The largest absolute Gasteiger partial charge is 0.454 e. The van der Waals surface area contributed by atoms with E-state index in [2.05, 4.69) is 26.4 Å². The Bertz CT molecular complexity index is 1100. The number of hydrogen-bond donors (Lipinski definition) is 1. The lowest BCUT2D eigenvalue weighted by Gasteiger charge is -2.15. The first-order chi connectivity index (χ1) is 14.8. The van der Waals surface area contributed by atoms with E-state index in [-0.39, 0.29) is 6.79 Å². The van der Waals surface area contributed by atoms with Crippen molar-refractivity contribution in [2.45, 2.75) is 19.4 Å². The van der Waals surface area contributed by atoms with Gasteiger partial charge in [0.15, 0.2) is 17.1 Å². The van der Waals surface area contributed by atoms with Gasteiger partial charge in [-0.3, -0.25) is 0 Å². The van der Waals surface area contributed by atoms with Crippen molar-refractivity contribution >= 4 is 17.2 Å². The highest BCUT2D eigenvalue weighted by Gasteiger charge is 2.16. The SMILES string of the molecule is N#Cc1cnn2c(Nc3ccc4c(c3)OCO4)cc(COCCN3CCCC3)nc12. The van der Waals surface area contributed by atoms with Gasteiger partial charge in [-0.1, -0.05) is 0 Å². The van der Waals surface area contributed by atoms with E-state index in [1.807, 2.05) is 24.3 Å². The Morgan fingerprint density at radius 2 is 2.03 bits per heavy atom. The van der Waals surface area contributed by atoms with Crippen LogP contribution in [0.15, 0.2) is 30.5 Å². The second-order valence-electron chi connectivity index (χ2n) is 7.33. The molecule has 30 heavy (non-hydrogen) atoms. The van der Waals surface area contributed by atoms with Crippen LogP contribution in [0.5, 0.6) is 11.5 Å². The van der Waals surface area contributed by atoms with Crippen molar-refractivity contribution in [2.24, 2.45) is 0 Å². The van der Waals surface area contributed by atoms with Crippen molar-refractivity contribution < 1.29 is 14.2 Å². The highest BCUT2D eigenvalue weighted by Crippen LogP contribution is 2.35. The zero-order chi connectivity index (χ0) is 20.3. The van der Waals surface area contributed by atoms with Crippen LogP contribution >= 0.6 is 0 Å². The summed E-state index contributed by atoms with van der Waals surface area (Å²) in [5.74, 6) is 2.10. The van der Waals surface area contributed by atoms with E-state index in [0.717, 1.165) is 36.8 Å². The van der Waals surface area contributed by atoms with E-state index in [1.54, 1.807) is 4.52 Å². The van der Waals surface area contributed by atoms with Gasteiger partial charge < -0.3 is 24.4 Å². The van der Waals surface area contributed by atoms with Crippen molar-refractivity contribution in [1.29, 1.82) is 5.26 Å². The molecule has 9 heteroatoms. The molecule has 1 fully saturated rings. The maximum absolute atomic E-state index is 9.41. The Labute approximate surface area is 173 Å². The van der Waals surface area contributed by atoms with Gasteiger partial charge in [-0.25, -0.2) is 4.98 Å². The average Bonchev–Trinajstić information content (AvgIpc) is 3.51. The molecule has 0 amide bonds. The molecule has 0 spiro atoms. The maximum atomic E-state index is 9.41. The molecule has 3 aromatic rings. The first kappa shape index (κ1) is 18.7. The van der Waals surface area contributed by atoms with Crippen molar-refractivity contribution in [3.05, 3.63) is 41.7 Å². The molecule has 0 aliphatic carbocycles. The Balaban J connectivity index is 1.36. The van der Waals surface area contributed by atoms with Gasteiger partial charge in [-0.15, -0.1) is 0 Å². The lowest BCUT2D eigenvalue weighted by Crippen LogP contribution is -2.24. The average molecular weight is 406 g/mol. The van der Waals surface area contributed by atoms with Crippen LogP contribution < -0.4 is 14.8 Å². The van der Waals surface area contributed by atoms with Crippen LogP contribution in [0.2, 0.25) is 0 Å². The molecule has 0 bridgehead atoms. The van der Waals surface area contributed by atoms with Crippen LogP contribution in [0, 0.1) is 11.3 Å². The zero-order valence-corrected chi connectivity index (χ0v) is 16.5. The summed E-state index contributed by atoms with van der Waals surface area (Å²) in [4.78, 5) is 7.00. The molecule has 2 aromatic heterocycles. The molecule has 1 N–H and O–H groups in total. The van der Waals surface area contributed by atoms with Crippen LogP contribution in [-0.4, -0.2) is 52.5 Å². The standard InChI is InChI=1S/C21H22N6O3/c22-11-15-12-23-27-20(24-16-3-4-18-19(9-16)30-14-29-18)10-17(25-21(15)27)13-28-8-7-26-5-1-2-6-26/h3-4,9-10,12,24H,1-2,5-8,13-14H2. The fraction of sp³-hybridized carbons (Fsp3) is 0.381. The minimum absolute atomic E-state index is 0.224. The molecule has 0 atom stereocenters. The predicted octanol–water partition coefficient (Wildman–Crippen LogP) is 2.69. The maximum Gasteiger partial charge on any atom is 0.231 e. The molecule has 0 saturated carbocycles. The number of benzene rings is 1. The topological polar surface area (TPSA) is 96.9 Å². The lowest BCUT2D eigenvalue weighted by atomic mass is 10.2. The van der Waals surface area contributed by atoms with E-state index in [0.29, 0.717) is 36.0 Å². The summed E-state index contributed by atoms with van der Waals surface area (Å²) in [5, 5.41) is 17.1. The summed E-state index contributed by atoms with van der Waals surface area (Å²) in [6, 6.07) is 9.67. The van der Waals surface area contributed by atoms with Gasteiger partial charge in [-0.05, 0) is 38.1 Å². The number of nitrogens with one attached hydrogen (secondary N) is 1. The molecule has 154 valence electrons. The van der Waals surface area contributed by atoms with Crippen molar-refractivity contribution in [2.75, 3.05) is 38.4 Å². The Kier molecular flexibility index (Phi) is 5.09. The number of fused-ring (bicyclic) bond motifs is 2. The number of aromatic nitrogens is 3. The number of likely N-dealkylation sites (tertiary alicyclic amines) is 1. The van der Waals surface area contributed by atoms with E-state index in [9.17, 15) is 5.26 Å². The van der Waals surface area contributed by atoms with E-state index < -0.39 is 0 Å². The van der Waals surface area contributed by atoms with Crippen LogP contribution in [-0.2, 0) is 11.3 Å². The molecule has 0 unspecified atom stereocenters. The van der Waals surface area contributed by atoms with Gasteiger partial charge in [0.05, 0.1) is 25.1 Å². The number of nitriles is 1. The molecule has 9 nitrogen and oxygen atoms in total.